The summed E-state index contributed by atoms with van der Waals surface area (Å²) in [5.41, 5.74) is 4.82. The van der Waals surface area contributed by atoms with Crippen molar-refractivity contribution in [1.82, 2.24) is 0 Å². The monoisotopic (exact) mass is 322 g/mol. The van der Waals surface area contributed by atoms with Gasteiger partial charge >= 0.3 is 0 Å². The maximum atomic E-state index is 12.7. The second-order valence-corrected chi connectivity index (χ2v) is 6.70. The molecule has 0 atom stereocenters. The summed E-state index contributed by atoms with van der Waals surface area (Å²) in [5, 5.41) is 3.44. The van der Waals surface area contributed by atoms with Crippen LogP contribution in [0.4, 0.5) is 11.4 Å². The van der Waals surface area contributed by atoms with Gasteiger partial charge in [0, 0.05) is 30.9 Å². The summed E-state index contributed by atoms with van der Waals surface area (Å²) in [4.78, 5) is 14.6. The summed E-state index contributed by atoms with van der Waals surface area (Å²) in [7, 11) is 0. The molecule has 1 aliphatic heterocycles. The van der Waals surface area contributed by atoms with Crippen molar-refractivity contribution in [2.24, 2.45) is 0 Å². The highest BCUT2D eigenvalue weighted by atomic mass is 16.2. The molecule has 2 aromatic rings. The van der Waals surface area contributed by atoms with E-state index in [2.05, 4.69) is 55.6 Å². The number of amides is 1. The average Bonchev–Trinajstić information content (AvgIpc) is 2.61. The maximum Gasteiger partial charge on any atom is 0.228 e. The van der Waals surface area contributed by atoms with Crippen molar-refractivity contribution in [3.8, 4) is 0 Å². The third-order valence-electron chi connectivity index (χ3n) is 4.65. The van der Waals surface area contributed by atoms with Crippen LogP contribution < -0.4 is 10.2 Å². The van der Waals surface area contributed by atoms with Gasteiger partial charge in [-0.15, -0.1) is 0 Å². The zero-order chi connectivity index (χ0) is 16.9. The largest absolute Gasteiger partial charge is 0.384 e. The molecule has 0 bridgehead atoms. The van der Waals surface area contributed by atoms with E-state index in [1.54, 1.807) is 0 Å². The fourth-order valence-corrected chi connectivity index (χ4v) is 3.39. The van der Waals surface area contributed by atoms with Crippen molar-refractivity contribution in [1.29, 1.82) is 0 Å². The number of hydrogen-bond donors (Lipinski definition) is 1. The molecule has 1 heterocycles. The zero-order valence-electron chi connectivity index (χ0n) is 14.6. The van der Waals surface area contributed by atoms with Gasteiger partial charge in [0.05, 0.1) is 0 Å². The molecule has 0 fully saturated rings. The Hall–Kier alpha value is -2.29. The lowest BCUT2D eigenvalue weighted by Gasteiger charge is -2.29. The van der Waals surface area contributed by atoms with Crippen LogP contribution in [0, 0.1) is 0 Å². The number of fused-ring (bicyclic) bond motifs is 1. The molecule has 3 nitrogen and oxygen atoms in total. The Labute approximate surface area is 144 Å². The average molecular weight is 322 g/mol. The lowest BCUT2D eigenvalue weighted by atomic mass is 10.0. The third kappa shape index (κ3) is 3.61. The van der Waals surface area contributed by atoms with Gasteiger partial charge in [0.25, 0.3) is 0 Å². The molecule has 2 aromatic carbocycles. The number of carbonyl (C=O) groups is 1. The van der Waals surface area contributed by atoms with Gasteiger partial charge in [-0.1, -0.05) is 50.2 Å². The zero-order valence-corrected chi connectivity index (χ0v) is 14.6. The van der Waals surface area contributed by atoms with E-state index < -0.39 is 0 Å². The van der Waals surface area contributed by atoms with E-state index in [1.165, 1.54) is 11.1 Å². The van der Waals surface area contributed by atoms with Crippen LogP contribution in [0.15, 0.2) is 48.5 Å². The summed E-state index contributed by atoms with van der Waals surface area (Å²) in [5.74, 6) is 0.676. The minimum Gasteiger partial charge on any atom is -0.384 e. The number of rotatable bonds is 5. The molecule has 0 aromatic heterocycles. The van der Waals surface area contributed by atoms with E-state index in [4.69, 9.17) is 0 Å². The first kappa shape index (κ1) is 16.6. The fraction of sp³-hybridized carbons (Fsp3) is 0.381. The molecule has 3 rings (SSSR count). The van der Waals surface area contributed by atoms with Crippen molar-refractivity contribution in [2.75, 3.05) is 23.3 Å². The van der Waals surface area contributed by atoms with Gasteiger partial charge < -0.3 is 10.2 Å². The quantitative estimate of drug-likeness (QED) is 0.873. The lowest BCUT2D eigenvalue weighted by molar-refractivity contribution is -0.118. The molecule has 1 aliphatic rings. The van der Waals surface area contributed by atoms with E-state index in [-0.39, 0.29) is 5.91 Å². The fourth-order valence-electron chi connectivity index (χ4n) is 3.39. The predicted octanol–water partition coefficient (Wildman–Crippen LogP) is 4.59. The second kappa shape index (κ2) is 7.52. The molecule has 0 saturated heterocycles. The van der Waals surface area contributed by atoms with E-state index in [0.29, 0.717) is 18.9 Å². The van der Waals surface area contributed by atoms with Crippen LogP contribution in [-0.2, 0) is 11.2 Å². The summed E-state index contributed by atoms with van der Waals surface area (Å²) < 4.78 is 0. The molecule has 1 N–H and O–H groups in total. The van der Waals surface area contributed by atoms with Crippen molar-refractivity contribution < 1.29 is 4.79 Å². The van der Waals surface area contributed by atoms with Gasteiger partial charge in [0.1, 0.15) is 0 Å². The summed E-state index contributed by atoms with van der Waals surface area (Å²) in [6, 6.07) is 16.6. The number of aryl methyl sites for hydroxylation is 1. The summed E-state index contributed by atoms with van der Waals surface area (Å²) in [6.45, 7) is 5.88. The Kier molecular flexibility index (Phi) is 5.19. The highest BCUT2D eigenvalue weighted by Gasteiger charge is 2.21. The smallest absolute Gasteiger partial charge is 0.228 e. The van der Waals surface area contributed by atoms with Crippen molar-refractivity contribution in [2.45, 2.75) is 39.0 Å². The molecular formula is C21H26N2O. The van der Waals surface area contributed by atoms with Gasteiger partial charge in [-0.25, -0.2) is 0 Å². The predicted molar refractivity (Wildman–Crippen MR) is 101 cm³/mol. The van der Waals surface area contributed by atoms with Crippen LogP contribution in [-0.4, -0.2) is 19.0 Å². The number of para-hydroxylation sites is 2. The SMILES string of the molecule is CC(C)c1ccccc1NCCC(=O)N1CCCc2ccccc21. The van der Waals surface area contributed by atoms with Gasteiger partial charge in [0.2, 0.25) is 5.91 Å². The molecule has 0 radical (unpaired) electrons. The van der Waals surface area contributed by atoms with Crippen LogP contribution in [0.2, 0.25) is 0 Å². The number of anilines is 2. The standard InChI is InChI=1S/C21H26N2O/c1-16(2)18-10-4-5-11-19(18)22-14-13-21(24)23-15-7-9-17-8-3-6-12-20(17)23/h3-6,8,10-12,16,22H,7,9,13-15H2,1-2H3. The van der Waals surface area contributed by atoms with Crippen LogP contribution in [0.3, 0.4) is 0 Å². The molecule has 0 spiro atoms. The first-order chi connectivity index (χ1) is 11.7. The van der Waals surface area contributed by atoms with E-state index >= 15 is 0 Å². The number of benzene rings is 2. The minimum absolute atomic E-state index is 0.205. The molecule has 126 valence electrons. The highest BCUT2D eigenvalue weighted by Crippen LogP contribution is 2.27. The van der Waals surface area contributed by atoms with E-state index in [1.807, 2.05) is 17.0 Å². The topological polar surface area (TPSA) is 32.3 Å². The first-order valence-corrected chi connectivity index (χ1v) is 8.88. The number of nitrogens with one attached hydrogen (secondary N) is 1. The van der Waals surface area contributed by atoms with Crippen molar-refractivity contribution in [3.63, 3.8) is 0 Å². The summed E-state index contributed by atoms with van der Waals surface area (Å²) in [6.07, 6.45) is 2.63. The van der Waals surface area contributed by atoms with Gasteiger partial charge in [0.15, 0.2) is 0 Å². The highest BCUT2D eigenvalue weighted by molar-refractivity contribution is 5.94. The molecule has 24 heavy (non-hydrogen) atoms. The number of hydrogen-bond acceptors (Lipinski definition) is 2. The van der Waals surface area contributed by atoms with E-state index in [0.717, 1.165) is 30.8 Å². The minimum atomic E-state index is 0.205. The van der Waals surface area contributed by atoms with Gasteiger partial charge in [-0.05, 0) is 42.0 Å². The Balaban J connectivity index is 1.61. The summed E-state index contributed by atoms with van der Waals surface area (Å²) >= 11 is 0. The number of carbonyl (C=O) groups excluding carboxylic acids is 1. The molecule has 0 unspecified atom stereocenters. The second-order valence-electron chi connectivity index (χ2n) is 6.70. The van der Waals surface area contributed by atoms with Gasteiger partial charge in [-0.3, -0.25) is 4.79 Å². The molecule has 3 heteroatoms. The van der Waals surface area contributed by atoms with Crippen molar-refractivity contribution >= 4 is 17.3 Å². The number of nitrogens with zero attached hydrogens (tertiary/aromatic N) is 1. The molecule has 0 saturated carbocycles. The van der Waals surface area contributed by atoms with Crippen LogP contribution in [0.5, 0.6) is 0 Å². The third-order valence-corrected chi connectivity index (χ3v) is 4.65. The van der Waals surface area contributed by atoms with Crippen LogP contribution in [0.25, 0.3) is 0 Å². The Bertz CT molecular complexity index is 708. The molecule has 0 aliphatic carbocycles. The Morgan fingerprint density at radius 3 is 2.71 bits per heavy atom. The Morgan fingerprint density at radius 1 is 1.12 bits per heavy atom. The van der Waals surface area contributed by atoms with Crippen LogP contribution >= 0.6 is 0 Å². The molecule has 1 amide bonds. The first-order valence-electron chi connectivity index (χ1n) is 8.88. The molecular weight excluding hydrogens is 296 g/mol. The van der Waals surface area contributed by atoms with E-state index in [9.17, 15) is 4.79 Å². The Morgan fingerprint density at radius 2 is 1.88 bits per heavy atom. The lowest BCUT2D eigenvalue weighted by Crippen LogP contribution is -2.36. The normalized spacial score (nSPS) is 13.7. The van der Waals surface area contributed by atoms with Gasteiger partial charge in [-0.2, -0.15) is 0 Å². The van der Waals surface area contributed by atoms with Crippen LogP contribution in [0.1, 0.15) is 43.7 Å². The maximum absolute atomic E-state index is 12.7. The van der Waals surface area contributed by atoms with Crippen molar-refractivity contribution in [3.05, 3.63) is 59.7 Å².